The lowest BCUT2D eigenvalue weighted by molar-refractivity contribution is 0.322. The molecule has 0 atom stereocenters. The molecule has 0 saturated heterocycles. The van der Waals surface area contributed by atoms with Crippen LogP contribution in [0.15, 0.2) is 65.7 Å². The molecule has 0 fully saturated rings. The van der Waals surface area contributed by atoms with Gasteiger partial charge in [-0.25, -0.2) is 4.99 Å². The summed E-state index contributed by atoms with van der Waals surface area (Å²) in [6.07, 6.45) is 1.03. The monoisotopic (exact) mass is 390 g/mol. The van der Waals surface area contributed by atoms with Gasteiger partial charge in [-0.3, -0.25) is 0 Å². The van der Waals surface area contributed by atoms with Gasteiger partial charge in [0.2, 0.25) is 0 Å². The maximum Gasteiger partial charge on any atom is 0.188 e. The van der Waals surface area contributed by atoms with Gasteiger partial charge in [0.05, 0.1) is 6.54 Å². The average molecular weight is 391 g/mol. The molecule has 5 heteroatoms. The van der Waals surface area contributed by atoms with Crippen LogP contribution in [0.3, 0.4) is 0 Å². The van der Waals surface area contributed by atoms with Crippen molar-refractivity contribution in [1.29, 1.82) is 0 Å². The summed E-state index contributed by atoms with van der Waals surface area (Å²) in [7, 11) is 2.14. The van der Waals surface area contributed by atoms with E-state index < -0.39 is 0 Å². The average Bonchev–Trinajstić information content (AvgIpc) is 2.59. The summed E-state index contributed by atoms with van der Waals surface area (Å²) >= 11 is 0. The first-order chi connectivity index (χ1) is 11.2. The molecule has 3 N–H and O–H groups in total. The van der Waals surface area contributed by atoms with Gasteiger partial charge in [-0.1, -0.05) is 60.7 Å². The van der Waals surface area contributed by atoms with Crippen LogP contribution < -0.4 is 11.1 Å². The number of halogens is 1. The molecule has 0 saturated carbocycles. The van der Waals surface area contributed by atoms with Crippen LogP contribution in [-0.4, -0.2) is 31.0 Å². The molecule has 0 aromatic heterocycles. The van der Waals surface area contributed by atoms with E-state index in [1.807, 2.05) is 24.3 Å². The van der Waals surface area contributed by atoms with Gasteiger partial charge < -0.3 is 16.0 Å². The second kappa shape index (κ2) is 11.6. The van der Waals surface area contributed by atoms with Crippen LogP contribution in [0.25, 0.3) is 0 Å². The van der Waals surface area contributed by atoms with Gasteiger partial charge in [-0.2, -0.15) is 0 Å². The van der Waals surface area contributed by atoms with E-state index in [9.17, 15) is 0 Å². The van der Waals surface area contributed by atoms with Crippen molar-refractivity contribution in [1.82, 2.24) is 10.2 Å². The number of nitrogens with one attached hydrogen (secondary N) is 1. The van der Waals surface area contributed by atoms with E-state index in [-0.39, 0.29) is 17.0 Å². The van der Waals surface area contributed by atoms with Crippen molar-refractivity contribution in [2.45, 2.75) is 19.5 Å². The molecule has 130 valence electrons. The molecule has 0 heterocycles. The molecule has 0 amide bonds. The molecule has 0 spiro atoms. The molecule has 2 aromatic rings. The number of aliphatic imine (C=N–C) groups is 1. The van der Waals surface area contributed by atoms with Crippen molar-refractivity contribution in [3.05, 3.63) is 71.8 Å². The number of rotatable bonds is 8. The second-order valence-electron chi connectivity index (χ2n) is 5.69. The van der Waals surface area contributed by atoms with Crippen LogP contribution in [-0.2, 0) is 13.1 Å². The normalized spacial score (nSPS) is 11.2. The van der Waals surface area contributed by atoms with Gasteiger partial charge in [0.25, 0.3) is 0 Å². The summed E-state index contributed by atoms with van der Waals surface area (Å²) in [5.74, 6) is 0.513. The van der Waals surface area contributed by atoms with Crippen LogP contribution in [0.5, 0.6) is 0 Å². The zero-order valence-electron chi connectivity index (χ0n) is 14.2. The maximum absolute atomic E-state index is 5.89. The van der Waals surface area contributed by atoms with E-state index >= 15 is 0 Å². The lowest BCUT2D eigenvalue weighted by Crippen LogP contribution is -2.34. The van der Waals surface area contributed by atoms with Gasteiger partial charge in [0.1, 0.15) is 0 Å². The second-order valence-corrected chi connectivity index (χ2v) is 5.69. The minimum atomic E-state index is 0. The zero-order chi connectivity index (χ0) is 16.3. The zero-order valence-corrected chi connectivity index (χ0v) is 15.9. The lowest BCUT2D eigenvalue weighted by Gasteiger charge is -2.16. The molecular weight excluding hydrogens is 364 g/mol. The third-order valence-electron chi connectivity index (χ3n) is 3.59. The fourth-order valence-corrected chi connectivity index (χ4v) is 2.36. The SMILES string of the molecule is Br.CN(CCCNC(N)=NCc1ccccc1)Cc1ccccc1. The van der Waals surface area contributed by atoms with Crippen molar-refractivity contribution in [3.8, 4) is 0 Å². The Hall–Kier alpha value is -1.85. The standard InChI is InChI=1S/C19H26N4.BrH/c1-23(16-18-11-6-3-7-12-18)14-8-13-21-19(20)22-15-17-9-4-2-5-10-17;/h2-7,9-12H,8,13-16H2,1H3,(H3,20,21,22);1H. The summed E-state index contributed by atoms with van der Waals surface area (Å²) in [5.41, 5.74) is 8.39. The quantitative estimate of drug-likeness (QED) is 0.413. The van der Waals surface area contributed by atoms with Gasteiger partial charge in [0, 0.05) is 13.1 Å². The molecule has 4 nitrogen and oxygen atoms in total. The van der Waals surface area contributed by atoms with E-state index in [4.69, 9.17) is 5.73 Å². The number of hydrogen-bond donors (Lipinski definition) is 2. The van der Waals surface area contributed by atoms with Gasteiger partial charge in [0.15, 0.2) is 5.96 Å². The molecule has 0 aliphatic rings. The molecule has 24 heavy (non-hydrogen) atoms. The third kappa shape index (κ3) is 8.13. The molecule has 0 aliphatic heterocycles. The molecule has 0 radical (unpaired) electrons. The highest BCUT2D eigenvalue weighted by Crippen LogP contribution is 2.02. The van der Waals surface area contributed by atoms with E-state index in [2.05, 4.69) is 58.7 Å². The Balaban J connectivity index is 0.00000288. The van der Waals surface area contributed by atoms with Crippen LogP contribution in [0.4, 0.5) is 0 Å². The summed E-state index contributed by atoms with van der Waals surface area (Å²) < 4.78 is 0. The van der Waals surface area contributed by atoms with Gasteiger partial charge in [-0.05, 0) is 31.1 Å². The summed E-state index contributed by atoms with van der Waals surface area (Å²) in [5, 5.41) is 3.17. The lowest BCUT2D eigenvalue weighted by atomic mass is 10.2. The number of guanidine groups is 1. The molecule has 2 aromatic carbocycles. The summed E-state index contributed by atoms with van der Waals surface area (Å²) in [6.45, 7) is 3.45. The Kier molecular flexibility index (Phi) is 9.80. The largest absolute Gasteiger partial charge is 0.370 e. The smallest absolute Gasteiger partial charge is 0.188 e. The highest BCUT2D eigenvalue weighted by Gasteiger charge is 2.00. The topological polar surface area (TPSA) is 53.6 Å². The van der Waals surface area contributed by atoms with E-state index in [0.29, 0.717) is 12.5 Å². The van der Waals surface area contributed by atoms with Gasteiger partial charge in [-0.15, -0.1) is 17.0 Å². The van der Waals surface area contributed by atoms with E-state index in [1.54, 1.807) is 0 Å². The predicted molar refractivity (Wildman–Crippen MR) is 107 cm³/mol. The van der Waals surface area contributed by atoms with Crippen LogP contribution >= 0.6 is 17.0 Å². The number of nitrogens with zero attached hydrogens (tertiary/aromatic N) is 2. The molecule has 2 rings (SSSR count). The predicted octanol–water partition coefficient (Wildman–Crippen LogP) is 3.19. The highest BCUT2D eigenvalue weighted by molar-refractivity contribution is 8.93. The molecule has 0 unspecified atom stereocenters. The van der Waals surface area contributed by atoms with Crippen LogP contribution in [0, 0.1) is 0 Å². The third-order valence-corrected chi connectivity index (χ3v) is 3.59. The van der Waals surface area contributed by atoms with Crippen LogP contribution in [0.2, 0.25) is 0 Å². The Morgan fingerprint density at radius 3 is 2.21 bits per heavy atom. The summed E-state index contributed by atoms with van der Waals surface area (Å²) in [6, 6.07) is 20.6. The molecule has 0 aliphatic carbocycles. The Bertz CT molecular complexity index is 587. The Morgan fingerprint density at radius 2 is 1.58 bits per heavy atom. The van der Waals surface area contributed by atoms with Crippen molar-refractivity contribution in [2.75, 3.05) is 20.1 Å². The Labute approximate surface area is 155 Å². The fourth-order valence-electron chi connectivity index (χ4n) is 2.36. The van der Waals surface area contributed by atoms with Gasteiger partial charge >= 0.3 is 0 Å². The van der Waals surface area contributed by atoms with Crippen LogP contribution in [0.1, 0.15) is 17.5 Å². The van der Waals surface area contributed by atoms with Crippen molar-refractivity contribution in [3.63, 3.8) is 0 Å². The number of benzene rings is 2. The van der Waals surface area contributed by atoms with E-state index in [0.717, 1.165) is 26.1 Å². The summed E-state index contributed by atoms with van der Waals surface area (Å²) in [4.78, 5) is 6.66. The Morgan fingerprint density at radius 1 is 1.00 bits per heavy atom. The van der Waals surface area contributed by atoms with Crippen molar-refractivity contribution in [2.24, 2.45) is 10.7 Å². The van der Waals surface area contributed by atoms with Crippen molar-refractivity contribution >= 4 is 22.9 Å². The van der Waals surface area contributed by atoms with Crippen molar-refractivity contribution < 1.29 is 0 Å². The highest BCUT2D eigenvalue weighted by atomic mass is 79.9. The first-order valence-electron chi connectivity index (χ1n) is 8.04. The first kappa shape index (κ1) is 20.2. The minimum Gasteiger partial charge on any atom is -0.370 e. The maximum atomic E-state index is 5.89. The molecular formula is C19H27BrN4. The fraction of sp³-hybridized carbons (Fsp3) is 0.316. The molecule has 0 bridgehead atoms. The minimum absolute atomic E-state index is 0. The first-order valence-corrected chi connectivity index (χ1v) is 8.04. The van der Waals surface area contributed by atoms with E-state index in [1.165, 1.54) is 11.1 Å². The number of nitrogens with two attached hydrogens (primary N) is 1. The number of hydrogen-bond acceptors (Lipinski definition) is 2.